The normalized spacial score (nSPS) is 10.9. The van der Waals surface area contributed by atoms with Crippen LogP contribution in [0.15, 0.2) is 48.9 Å². The molecular weight excluding hydrogens is 212 g/mol. The van der Waals surface area contributed by atoms with E-state index in [1.54, 1.807) is 12.3 Å². The van der Waals surface area contributed by atoms with Crippen molar-refractivity contribution in [1.29, 1.82) is 0 Å². The SMILES string of the molecule is Cn1ccc2cc(-c3cncc(O)c3)ccc21. The standard InChI is InChI=1S/C14H12N2O/c1-16-5-4-11-6-10(2-3-14(11)16)12-7-13(17)9-15-8-12/h2-9,17H,1H3. The number of aromatic nitrogens is 2. The Labute approximate surface area is 99.0 Å². The molecule has 0 fully saturated rings. The lowest BCUT2D eigenvalue weighted by Gasteiger charge is -2.03. The molecule has 0 saturated heterocycles. The molecular formula is C14H12N2O. The predicted octanol–water partition coefficient (Wildman–Crippen LogP) is 2.95. The van der Waals surface area contributed by atoms with Crippen LogP contribution in [-0.4, -0.2) is 14.7 Å². The van der Waals surface area contributed by atoms with Crippen molar-refractivity contribution in [1.82, 2.24) is 9.55 Å². The van der Waals surface area contributed by atoms with Crippen LogP contribution in [-0.2, 0) is 7.05 Å². The number of rotatable bonds is 1. The maximum Gasteiger partial charge on any atom is 0.134 e. The first-order valence-electron chi connectivity index (χ1n) is 5.43. The van der Waals surface area contributed by atoms with Crippen LogP contribution in [0.2, 0.25) is 0 Å². The quantitative estimate of drug-likeness (QED) is 0.690. The zero-order chi connectivity index (χ0) is 11.8. The molecule has 0 atom stereocenters. The minimum atomic E-state index is 0.190. The number of fused-ring (bicyclic) bond motifs is 1. The van der Waals surface area contributed by atoms with E-state index >= 15 is 0 Å². The van der Waals surface area contributed by atoms with Crippen molar-refractivity contribution >= 4 is 10.9 Å². The van der Waals surface area contributed by atoms with Gasteiger partial charge in [0.2, 0.25) is 0 Å². The second-order valence-corrected chi connectivity index (χ2v) is 4.13. The first kappa shape index (κ1) is 9.90. The number of aryl methyl sites for hydroxylation is 1. The summed E-state index contributed by atoms with van der Waals surface area (Å²) >= 11 is 0. The summed E-state index contributed by atoms with van der Waals surface area (Å²) in [4.78, 5) is 3.99. The highest BCUT2D eigenvalue weighted by Gasteiger charge is 2.03. The summed E-state index contributed by atoms with van der Waals surface area (Å²) < 4.78 is 2.08. The topological polar surface area (TPSA) is 38.0 Å². The zero-order valence-electron chi connectivity index (χ0n) is 9.46. The predicted molar refractivity (Wildman–Crippen MR) is 67.8 cm³/mol. The lowest BCUT2D eigenvalue weighted by molar-refractivity contribution is 0.473. The van der Waals surface area contributed by atoms with E-state index in [9.17, 15) is 5.11 Å². The molecule has 3 heteroatoms. The lowest BCUT2D eigenvalue weighted by Crippen LogP contribution is -1.84. The molecule has 0 spiro atoms. The van der Waals surface area contributed by atoms with Gasteiger partial charge in [0.25, 0.3) is 0 Å². The van der Waals surface area contributed by atoms with Crippen LogP contribution < -0.4 is 0 Å². The second-order valence-electron chi connectivity index (χ2n) is 4.13. The third-order valence-electron chi connectivity index (χ3n) is 2.94. The molecule has 3 nitrogen and oxygen atoms in total. The van der Waals surface area contributed by atoms with E-state index in [4.69, 9.17) is 0 Å². The first-order chi connectivity index (χ1) is 8.24. The Balaban J connectivity index is 2.18. The minimum Gasteiger partial charge on any atom is -0.506 e. The molecule has 2 heterocycles. The highest BCUT2D eigenvalue weighted by Crippen LogP contribution is 2.26. The molecule has 0 aliphatic carbocycles. The smallest absolute Gasteiger partial charge is 0.134 e. The van der Waals surface area contributed by atoms with Crippen LogP contribution in [0.4, 0.5) is 0 Å². The van der Waals surface area contributed by atoms with E-state index < -0.39 is 0 Å². The van der Waals surface area contributed by atoms with E-state index in [-0.39, 0.29) is 5.75 Å². The molecule has 1 aromatic carbocycles. The van der Waals surface area contributed by atoms with Crippen LogP contribution >= 0.6 is 0 Å². The fourth-order valence-electron chi connectivity index (χ4n) is 2.05. The van der Waals surface area contributed by atoms with E-state index in [0.717, 1.165) is 11.1 Å². The van der Waals surface area contributed by atoms with Crippen molar-refractivity contribution in [2.24, 2.45) is 7.05 Å². The monoisotopic (exact) mass is 224 g/mol. The molecule has 3 rings (SSSR count). The van der Waals surface area contributed by atoms with Gasteiger partial charge in [-0.2, -0.15) is 0 Å². The molecule has 0 bridgehead atoms. The van der Waals surface area contributed by atoms with Crippen LogP contribution in [0.5, 0.6) is 5.75 Å². The maximum absolute atomic E-state index is 9.43. The summed E-state index contributed by atoms with van der Waals surface area (Å²) in [5.74, 6) is 0.190. The van der Waals surface area contributed by atoms with Gasteiger partial charge in [0, 0.05) is 35.9 Å². The first-order valence-corrected chi connectivity index (χ1v) is 5.43. The molecule has 0 saturated carbocycles. The Hall–Kier alpha value is -2.29. The van der Waals surface area contributed by atoms with Gasteiger partial charge >= 0.3 is 0 Å². The molecule has 2 aromatic heterocycles. The molecule has 84 valence electrons. The number of aromatic hydroxyl groups is 1. The van der Waals surface area contributed by atoms with Crippen molar-refractivity contribution in [3.63, 3.8) is 0 Å². The molecule has 1 N–H and O–H groups in total. The summed E-state index contributed by atoms with van der Waals surface area (Å²) in [6.45, 7) is 0. The average molecular weight is 224 g/mol. The third-order valence-corrected chi connectivity index (χ3v) is 2.94. The number of hydrogen-bond acceptors (Lipinski definition) is 2. The number of hydrogen-bond donors (Lipinski definition) is 1. The fraction of sp³-hybridized carbons (Fsp3) is 0.0714. The number of pyridine rings is 1. The Morgan fingerprint density at radius 2 is 1.94 bits per heavy atom. The van der Waals surface area contributed by atoms with Gasteiger partial charge in [-0.1, -0.05) is 6.07 Å². The molecule has 3 aromatic rings. The van der Waals surface area contributed by atoms with Crippen molar-refractivity contribution in [2.45, 2.75) is 0 Å². The van der Waals surface area contributed by atoms with E-state index in [2.05, 4.69) is 27.8 Å². The third kappa shape index (κ3) is 1.65. The highest BCUT2D eigenvalue weighted by atomic mass is 16.3. The fourth-order valence-corrected chi connectivity index (χ4v) is 2.05. The van der Waals surface area contributed by atoms with E-state index in [1.807, 2.05) is 19.3 Å². The second kappa shape index (κ2) is 3.63. The van der Waals surface area contributed by atoms with Gasteiger partial charge in [-0.15, -0.1) is 0 Å². The minimum absolute atomic E-state index is 0.190. The largest absolute Gasteiger partial charge is 0.506 e. The number of benzene rings is 1. The zero-order valence-corrected chi connectivity index (χ0v) is 9.46. The van der Waals surface area contributed by atoms with Crippen molar-refractivity contribution in [3.8, 4) is 16.9 Å². The van der Waals surface area contributed by atoms with Gasteiger partial charge in [-0.05, 0) is 29.8 Å². The molecule has 0 radical (unpaired) electrons. The van der Waals surface area contributed by atoms with Gasteiger partial charge in [0.15, 0.2) is 0 Å². The van der Waals surface area contributed by atoms with Crippen molar-refractivity contribution in [2.75, 3.05) is 0 Å². The Morgan fingerprint density at radius 3 is 2.76 bits per heavy atom. The summed E-state index contributed by atoms with van der Waals surface area (Å²) in [6, 6.07) is 10.0. The molecule has 17 heavy (non-hydrogen) atoms. The van der Waals surface area contributed by atoms with Crippen LogP contribution in [0.3, 0.4) is 0 Å². The van der Waals surface area contributed by atoms with Gasteiger partial charge in [-0.25, -0.2) is 0 Å². The van der Waals surface area contributed by atoms with Gasteiger partial charge in [0.1, 0.15) is 5.75 Å². The number of nitrogens with zero attached hydrogens (tertiary/aromatic N) is 2. The maximum atomic E-state index is 9.43. The summed E-state index contributed by atoms with van der Waals surface area (Å²) in [5.41, 5.74) is 3.18. The van der Waals surface area contributed by atoms with Gasteiger partial charge < -0.3 is 9.67 Å². The lowest BCUT2D eigenvalue weighted by atomic mass is 10.1. The van der Waals surface area contributed by atoms with Crippen LogP contribution in [0.25, 0.3) is 22.0 Å². The van der Waals surface area contributed by atoms with E-state index in [1.165, 1.54) is 17.1 Å². The molecule has 0 unspecified atom stereocenters. The molecule has 0 aliphatic rings. The highest BCUT2D eigenvalue weighted by molar-refractivity contribution is 5.85. The average Bonchev–Trinajstić information content (AvgIpc) is 2.71. The van der Waals surface area contributed by atoms with Crippen molar-refractivity contribution < 1.29 is 5.11 Å². The Morgan fingerprint density at radius 1 is 1.06 bits per heavy atom. The summed E-state index contributed by atoms with van der Waals surface area (Å²) in [7, 11) is 2.03. The van der Waals surface area contributed by atoms with E-state index in [0.29, 0.717) is 0 Å². The Kier molecular flexibility index (Phi) is 2.11. The van der Waals surface area contributed by atoms with Gasteiger partial charge in [-0.3, -0.25) is 4.98 Å². The summed E-state index contributed by atoms with van der Waals surface area (Å²) in [5, 5.41) is 10.6. The van der Waals surface area contributed by atoms with Crippen molar-refractivity contribution in [3.05, 3.63) is 48.9 Å². The van der Waals surface area contributed by atoms with Crippen LogP contribution in [0.1, 0.15) is 0 Å². The van der Waals surface area contributed by atoms with Crippen LogP contribution in [0, 0.1) is 0 Å². The molecule has 0 amide bonds. The van der Waals surface area contributed by atoms with Gasteiger partial charge in [0.05, 0.1) is 6.20 Å². The Bertz CT molecular complexity index is 686. The molecule has 0 aliphatic heterocycles. The summed E-state index contributed by atoms with van der Waals surface area (Å²) in [6.07, 6.45) is 5.23.